The molecule has 0 aliphatic rings. The van der Waals surface area contributed by atoms with Crippen molar-refractivity contribution >= 4 is 40.5 Å². The molecule has 0 fully saturated rings. The van der Waals surface area contributed by atoms with Crippen molar-refractivity contribution in [3.8, 4) is 5.75 Å². The van der Waals surface area contributed by atoms with E-state index in [4.69, 9.17) is 27.9 Å². The molecule has 6 nitrogen and oxygen atoms in total. The summed E-state index contributed by atoms with van der Waals surface area (Å²) in [7, 11) is 0. The van der Waals surface area contributed by atoms with Crippen molar-refractivity contribution in [1.82, 2.24) is 0 Å². The van der Waals surface area contributed by atoms with Gasteiger partial charge < -0.3 is 10.1 Å². The summed E-state index contributed by atoms with van der Waals surface area (Å²) in [6.45, 7) is 0.182. The topological polar surface area (TPSA) is 81.5 Å². The number of rotatable bonds is 7. The predicted octanol–water partition coefficient (Wildman–Crippen LogP) is 4.70. The highest BCUT2D eigenvalue weighted by atomic mass is 35.5. The van der Waals surface area contributed by atoms with Crippen LogP contribution in [0.3, 0.4) is 0 Å². The molecule has 2 aromatic carbocycles. The third-order valence-corrected chi connectivity index (χ3v) is 3.91. The maximum Gasteiger partial charge on any atom is 0.310 e. The zero-order valence-electron chi connectivity index (χ0n) is 12.5. The molecule has 0 heterocycles. The normalized spacial score (nSPS) is 10.2. The smallest absolute Gasteiger partial charge is 0.310 e. The number of nitrogens with one attached hydrogen (secondary N) is 1. The number of nitro benzene ring substituents is 1. The SMILES string of the molecule is O=C(CCCOc1ccccc1[N+](=O)[O-])Nc1cccc(Cl)c1Cl. The number of hydrogen-bond donors (Lipinski definition) is 1. The first-order valence-electron chi connectivity index (χ1n) is 7.09. The fourth-order valence-corrected chi connectivity index (χ4v) is 2.31. The molecule has 0 saturated carbocycles. The Morgan fingerprint density at radius 2 is 1.92 bits per heavy atom. The number of para-hydroxylation sites is 2. The molecule has 0 aromatic heterocycles. The Balaban J connectivity index is 1.81. The predicted molar refractivity (Wildman–Crippen MR) is 92.9 cm³/mol. The van der Waals surface area contributed by atoms with Gasteiger partial charge in [-0.05, 0) is 24.6 Å². The van der Waals surface area contributed by atoms with E-state index >= 15 is 0 Å². The van der Waals surface area contributed by atoms with Gasteiger partial charge in [-0.2, -0.15) is 0 Å². The van der Waals surface area contributed by atoms with Crippen molar-refractivity contribution in [2.24, 2.45) is 0 Å². The largest absolute Gasteiger partial charge is 0.487 e. The van der Waals surface area contributed by atoms with E-state index in [1.54, 1.807) is 30.3 Å². The molecule has 24 heavy (non-hydrogen) atoms. The Kier molecular flexibility index (Phi) is 6.40. The molecular formula is C16H14Cl2N2O4. The molecule has 1 amide bonds. The molecule has 1 N–H and O–H groups in total. The van der Waals surface area contributed by atoms with Gasteiger partial charge in [0.1, 0.15) is 0 Å². The zero-order valence-corrected chi connectivity index (χ0v) is 14.0. The summed E-state index contributed by atoms with van der Waals surface area (Å²) in [4.78, 5) is 22.2. The van der Waals surface area contributed by atoms with E-state index in [2.05, 4.69) is 5.32 Å². The van der Waals surface area contributed by atoms with Gasteiger partial charge in [0, 0.05) is 12.5 Å². The monoisotopic (exact) mass is 368 g/mol. The summed E-state index contributed by atoms with van der Waals surface area (Å²) in [6.07, 6.45) is 0.583. The highest BCUT2D eigenvalue weighted by Gasteiger charge is 2.13. The van der Waals surface area contributed by atoms with E-state index in [1.807, 2.05) is 0 Å². The number of carbonyl (C=O) groups is 1. The van der Waals surface area contributed by atoms with Gasteiger partial charge in [0.25, 0.3) is 0 Å². The van der Waals surface area contributed by atoms with Crippen molar-refractivity contribution < 1.29 is 14.5 Å². The highest BCUT2D eigenvalue weighted by molar-refractivity contribution is 6.43. The number of nitrogens with zero attached hydrogens (tertiary/aromatic N) is 1. The first-order chi connectivity index (χ1) is 11.5. The van der Waals surface area contributed by atoms with Crippen LogP contribution in [0.25, 0.3) is 0 Å². The van der Waals surface area contributed by atoms with Crippen LogP contribution in [-0.2, 0) is 4.79 Å². The van der Waals surface area contributed by atoms with Crippen molar-refractivity contribution in [2.75, 3.05) is 11.9 Å². The van der Waals surface area contributed by atoms with Gasteiger partial charge in [-0.15, -0.1) is 0 Å². The van der Waals surface area contributed by atoms with Crippen LogP contribution in [0.15, 0.2) is 42.5 Å². The lowest BCUT2D eigenvalue weighted by Crippen LogP contribution is -2.13. The Labute approximate surface area is 148 Å². The maximum absolute atomic E-state index is 11.9. The minimum absolute atomic E-state index is 0.104. The van der Waals surface area contributed by atoms with Gasteiger partial charge in [0.2, 0.25) is 5.91 Å². The highest BCUT2D eigenvalue weighted by Crippen LogP contribution is 2.29. The Morgan fingerprint density at radius 1 is 1.17 bits per heavy atom. The van der Waals surface area contributed by atoms with E-state index in [0.29, 0.717) is 17.1 Å². The molecule has 0 spiro atoms. The van der Waals surface area contributed by atoms with Gasteiger partial charge in [-0.3, -0.25) is 14.9 Å². The molecule has 0 bridgehead atoms. The second-order valence-electron chi connectivity index (χ2n) is 4.83. The first-order valence-corrected chi connectivity index (χ1v) is 7.84. The van der Waals surface area contributed by atoms with E-state index < -0.39 is 4.92 Å². The summed E-state index contributed by atoms with van der Waals surface area (Å²) in [6, 6.07) is 11.0. The van der Waals surface area contributed by atoms with Crippen LogP contribution in [0.1, 0.15) is 12.8 Å². The first kappa shape index (κ1) is 18.0. The summed E-state index contributed by atoms with van der Waals surface area (Å²) >= 11 is 11.9. The number of benzene rings is 2. The van der Waals surface area contributed by atoms with Crippen LogP contribution in [0.4, 0.5) is 11.4 Å². The van der Waals surface area contributed by atoms with Crippen LogP contribution in [0.5, 0.6) is 5.75 Å². The minimum atomic E-state index is -0.511. The van der Waals surface area contributed by atoms with Gasteiger partial charge in [-0.1, -0.05) is 41.4 Å². The Hall–Kier alpha value is -2.31. The van der Waals surface area contributed by atoms with Crippen molar-refractivity contribution in [2.45, 2.75) is 12.8 Å². The average molecular weight is 369 g/mol. The number of carbonyl (C=O) groups excluding carboxylic acids is 1. The van der Waals surface area contributed by atoms with Crippen LogP contribution in [-0.4, -0.2) is 17.4 Å². The molecule has 0 atom stereocenters. The molecule has 2 rings (SSSR count). The number of nitro groups is 1. The van der Waals surface area contributed by atoms with Gasteiger partial charge in [0.15, 0.2) is 5.75 Å². The van der Waals surface area contributed by atoms with Crippen molar-refractivity contribution in [3.63, 3.8) is 0 Å². The number of hydrogen-bond acceptors (Lipinski definition) is 4. The summed E-state index contributed by atoms with van der Waals surface area (Å²) in [5.41, 5.74) is 0.335. The van der Waals surface area contributed by atoms with Gasteiger partial charge in [0.05, 0.1) is 27.3 Å². The lowest BCUT2D eigenvalue weighted by atomic mass is 10.2. The lowest BCUT2D eigenvalue weighted by Gasteiger charge is -2.09. The van der Waals surface area contributed by atoms with E-state index in [0.717, 1.165) is 0 Å². The number of anilines is 1. The molecule has 0 aliphatic heterocycles. The standard InChI is InChI=1S/C16H14Cl2N2O4/c17-11-5-3-6-12(16(11)18)19-15(21)9-4-10-24-14-8-2-1-7-13(14)20(22)23/h1-3,5-8H,4,9-10H2,(H,19,21). The van der Waals surface area contributed by atoms with Crippen LogP contribution >= 0.6 is 23.2 Å². The molecule has 0 radical (unpaired) electrons. The third-order valence-electron chi connectivity index (χ3n) is 3.09. The second kappa shape index (κ2) is 8.52. The van der Waals surface area contributed by atoms with E-state index in [9.17, 15) is 14.9 Å². The Morgan fingerprint density at radius 3 is 2.67 bits per heavy atom. The fourth-order valence-electron chi connectivity index (χ4n) is 1.96. The van der Waals surface area contributed by atoms with Gasteiger partial charge in [-0.25, -0.2) is 0 Å². The summed E-state index contributed by atoms with van der Waals surface area (Å²) in [5, 5.41) is 14.2. The summed E-state index contributed by atoms with van der Waals surface area (Å²) < 4.78 is 5.37. The second-order valence-corrected chi connectivity index (χ2v) is 5.61. The molecule has 0 aliphatic carbocycles. The van der Waals surface area contributed by atoms with Crippen LogP contribution in [0.2, 0.25) is 10.0 Å². The molecule has 2 aromatic rings. The lowest BCUT2D eigenvalue weighted by molar-refractivity contribution is -0.385. The van der Waals surface area contributed by atoms with Gasteiger partial charge >= 0.3 is 5.69 Å². The number of ether oxygens (including phenoxy) is 1. The fraction of sp³-hybridized carbons (Fsp3) is 0.188. The maximum atomic E-state index is 11.9. The number of amides is 1. The Bertz CT molecular complexity index is 753. The summed E-state index contributed by atoms with van der Waals surface area (Å²) in [5.74, 6) is -0.0638. The third kappa shape index (κ3) is 4.84. The van der Waals surface area contributed by atoms with Crippen LogP contribution < -0.4 is 10.1 Å². The molecule has 8 heteroatoms. The minimum Gasteiger partial charge on any atom is -0.487 e. The van der Waals surface area contributed by atoms with Crippen LogP contribution in [0, 0.1) is 10.1 Å². The average Bonchev–Trinajstić information content (AvgIpc) is 2.56. The van der Waals surface area contributed by atoms with E-state index in [1.165, 1.54) is 12.1 Å². The van der Waals surface area contributed by atoms with E-state index in [-0.39, 0.29) is 35.4 Å². The molecular weight excluding hydrogens is 355 g/mol. The van der Waals surface area contributed by atoms with Crippen molar-refractivity contribution in [3.05, 3.63) is 62.6 Å². The molecule has 126 valence electrons. The molecule has 0 unspecified atom stereocenters. The molecule has 0 saturated heterocycles. The van der Waals surface area contributed by atoms with Crippen molar-refractivity contribution in [1.29, 1.82) is 0 Å². The quantitative estimate of drug-likeness (QED) is 0.436. The number of halogens is 2. The zero-order chi connectivity index (χ0) is 17.5.